The Bertz CT molecular complexity index is 678. The van der Waals surface area contributed by atoms with Crippen LogP contribution in [-0.4, -0.2) is 25.9 Å². The van der Waals surface area contributed by atoms with Gasteiger partial charge in [-0.05, 0) is 36.8 Å². The Morgan fingerprint density at radius 1 is 1.47 bits per heavy atom. The summed E-state index contributed by atoms with van der Waals surface area (Å²) >= 11 is 4.46. The number of hydrogen-bond acceptors (Lipinski definition) is 5. The van der Waals surface area contributed by atoms with Crippen molar-refractivity contribution in [3.8, 4) is 0 Å². The van der Waals surface area contributed by atoms with Gasteiger partial charge in [0.2, 0.25) is 0 Å². The fraction of sp³-hybridized carbons (Fsp3) is 0.154. The Morgan fingerprint density at radius 2 is 2.37 bits per heavy atom. The number of hydrogen-bond donors (Lipinski definition) is 0. The molecule has 0 N–H and O–H groups in total. The zero-order valence-corrected chi connectivity index (χ0v) is 11.7. The van der Waals surface area contributed by atoms with E-state index < -0.39 is 10.8 Å². The molecule has 4 nitrogen and oxygen atoms in total. The van der Waals surface area contributed by atoms with Gasteiger partial charge in [0.15, 0.2) is 0 Å². The van der Waals surface area contributed by atoms with Crippen LogP contribution in [0.1, 0.15) is 6.42 Å². The Hall–Kier alpha value is -1.75. The van der Waals surface area contributed by atoms with Crippen LogP contribution in [0, 0.1) is 0 Å². The van der Waals surface area contributed by atoms with Crippen molar-refractivity contribution in [1.82, 2.24) is 9.97 Å². The summed E-state index contributed by atoms with van der Waals surface area (Å²) < 4.78 is 12.0. The summed E-state index contributed by atoms with van der Waals surface area (Å²) in [6, 6.07) is 5.49. The number of thiocarbonyl (C=S) groups is 1. The average molecular weight is 289 g/mol. The Labute approximate surface area is 118 Å². The van der Waals surface area contributed by atoms with Crippen LogP contribution in [0.2, 0.25) is 0 Å². The first-order valence-electron chi connectivity index (χ1n) is 5.62. The van der Waals surface area contributed by atoms with Gasteiger partial charge in [0.05, 0.1) is 28.0 Å². The highest BCUT2D eigenvalue weighted by Gasteiger charge is 2.01. The van der Waals surface area contributed by atoms with E-state index in [1.807, 2.05) is 24.3 Å². The minimum absolute atomic E-state index is 0.572. The molecular formula is C13H11N3OS2. The number of isothiocyanates is 1. The van der Waals surface area contributed by atoms with E-state index in [9.17, 15) is 4.21 Å². The SMILES string of the molecule is O=S(C=CCCN=C=S)c1ccc2ncncc2c1. The van der Waals surface area contributed by atoms with Gasteiger partial charge in [-0.2, -0.15) is 0 Å². The number of aromatic nitrogens is 2. The van der Waals surface area contributed by atoms with Crippen LogP contribution in [0.4, 0.5) is 0 Å². The van der Waals surface area contributed by atoms with Crippen LogP contribution in [0.3, 0.4) is 0 Å². The lowest BCUT2D eigenvalue weighted by Crippen LogP contribution is -1.88. The summed E-state index contributed by atoms with van der Waals surface area (Å²) in [7, 11) is -1.17. The first-order chi connectivity index (χ1) is 9.31. The first-order valence-corrected chi connectivity index (χ1v) is 7.24. The van der Waals surface area contributed by atoms with Gasteiger partial charge >= 0.3 is 0 Å². The molecule has 0 radical (unpaired) electrons. The maximum Gasteiger partial charge on any atom is 0.116 e. The third kappa shape index (κ3) is 3.86. The Kier molecular flexibility index (Phi) is 5.03. The zero-order valence-electron chi connectivity index (χ0n) is 10.0. The van der Waals surface area contributed by atoms with Gasteiger partial charge < -0.3 is 0 Å². The third-order valence-corrected chi connectivity index (χ3v) is 3.69. The predicted octanol–water partition coefficient (Wildman–Crippen LogP) is 2.74. The van der Waals surface area contributed by atoms with Crippen molar-refractivity contribution in [1.29, 1.82) is 0 Å². The molecule has 6 heteroatoms. The molecule has 19 heavy (non-hydrogen) atoms. The fourth-order valence-corrected chi connectivity index (χ4v) is 2.51. The van der Waals surface area contributed by atoms with Crippen LogP contribution in [0.25, 0.3) is 10.9 Å². The van der Waals surface area contributed by atoms with E-state index in [1.54, 1.807) is 11.6 Å². The molecule has 0 aliphatic carbocycles. The number of benzene rings is 1. The standard InChI is InChI=1S/C13H11N3OS2/c17-19(6-2-1-5-14-10-18)12-3-4-13-11(7-12)8-15-9-16-13/h2-4,6-9H,1,5H2. The lowest BCUT2D eigenvalue weighted by atomic mass is 10.2. The molecular weight excluding hydrogens is 278 g/mol. The molecule has 2 aromatic rings. The van der Waals surface area contributed by atoms with Crippen molar-refractivity contribution < 1.29 is 4.21 Å². The van der Waals surface area contributed by atoms with Gasteiger partial charge in [0, 0.05) is 21.9 Å². The van der Waals surface area contributed by atoms with Gasteiger partial charge in [0.1, 0.15) is 6.33 Å². The minimum atomic E-state index is -1.17. The number of nitrogens with zero attached hydrogens (tertiary/aromatic N) is 3. The van der Waals surface area contributed by atoms with Crippen molar-refractivity contribution in [2.24, 2.45) is 4.99 Å². The van der Waals surface area contributed by atoms with E-state index >= 15 is 0 Å². The van der Waals surface area contributed by atoms with Crippen LogP contribution >= 0.6 is 12.2 Å². The van der Waals surface area contributed by atoms with Gasteiger partial charge in [-0.15, -0.1) is 0 Å². The average Bonchev–Trinajstić information content (AvgIpc) is 2.46. The normalized spacial score (nSPS) is 12.4. The summed E-state index contributed by atoms with van der Waals surface area (Å²) in [5.74, 6) is 0. The summed E-state index contributed by atoms with van der Waals surface area (Å²) in [6.07, 6.45) is 5.74. The van der Waals surface area contributed by atoms with Crippen molar-refractivity contribution >= 4 is 39.1 Å². The molecule has 0 fully saturated rings. The van der Waals surface area contributed by atoms with Crippen LogP contribution < -0.4 is 0 Å². The molecule has 0 bridgehead atoms. The van der Waals surface area contributed by atoms with Gasteiger partial charge in [0.25, 0.3) is 0 Å². The highest BCUT2D eigenvalue weighted by Crippen LogP contribution is 2.15. The molecule has 2 rings (SSSR count). The predicted molar refractivity (Wildman–Crippen MR) is 79.6 cm³/mol. The zero-order chi connectivity index (χ0) is 13.5. The number of rotatable bonds is 5. The topological polar surface area (TPSA) is 55.2 Å². The lowest BCUT2D eigenvalue weighted by Gasteiger charge is -1.99. The fourth-order valence-electron chi connectivity index (χ4n) is 1.51. The van der Waals surface area contributed by atoms with E-state index in [0.29, 0.717) is 13.0 Å². The smallest absolute Gasteiger partial charge is 0.116 e. The molecule has 0 aliphatic rings. The van der Waals surface area contributed by atoms with E-state index in [2.05, 4.69) is 32.3 Å². The number of fused-ring (bicyclic) bond motifs is 1. The molecule has 1 aromatic heterocycles. The first kappa shape index (κ1) is 13.7. The van der Waals surface area contributed by atoms with Crippen molar-refractivity contribution in [3.05, 3.63) is 42.2 Å². The minimum Gasteiger partial charge on any atom is -0.250 e. The quantitative estimate of drug-likeness (QED) is 0.482. The molecule has 1 heterocycles. The summed E-state index contributed by atoms with van der Waals surface area (Å²) in [5, 5.41) is 4.83. The summed E-state index contributed by atoms with van der Waals surface area (Å²) in [6.45, 7) is 0.572. The third-order valence-electron chi connectivity index (χ3n) is 2.40. The van der Waals surface area contributed by atoms with Crippen molar-refractivity contribution in [2.75, 3.05) is 6.54 Å². The largest absolute Gasteiger partial charge is 0.250 e. The molecule has 0 aliphatic heterocycles. The van der Waals surface area contributed by atoms with E-state index in [0.717, 1.165) is 15.8 Å². The highest BCUT2D eigenvalue weighted by molar-refractivity contribution is 7.88. The van der Waals surface area contributed by atoms with Crippen LogP contribution in [0.5, 0.6) is 0 Å². The molecule has 0 saturated carbocycles. The molecule has 1 aromatic carbocycles. The summed E-state index contributed by atoms with van der Waals surface area (Å²) in [5.41, 5.74) is 0.843. The second kappa shape index (κ2) is 6.99. The molecule has 0 spiro atoms. The Balaban J connectivity index is 2.10. The Morgan fingerprint density at radius 3 is 3.21 bits per heavy atom. The van der Waals surface area contributed by atoms with Gasteiger partial charge in [-0.1, -0.05) is 6.08 Å². The van der Waals surface area contributed by atoms with Crippen molar-refractivity contribution in [2.45, 2.75) is 11.3 Å². The van der Waals surface area contributed by atoms with E-state index in [-0.39, 0.29) is 0 Å². The molecule has 1 unspecified atom stereocenters. The van der Waals surface area contributed by atoms with Gasteiger partial charge in [-0.3, -0.25) is 0 Å². The van der Waals surface area contributed by atoms with Crippen LogP contribution in [0.15, 0.2) is 52.1 Å². The second-order valence-corrected chi connectivity index (χ2v) is 5.20. The molecule has 96 valence electrons. The van der Waals surface area contributed by atoms with Crippen LogP contribution in [-0.2, 0) is 10.8 Å². The monoisotopic (exact) mass is 289 g/mol. The van der Waals surface area contributed by atoms with Gasteiger partial charge in [-0.25, -0.2) is 19.2 Å². The molecule has 0 amide bonds. The maximum absolute atomic E-state index is 12.0. The maximum atomic E-state index is 12.0. The number of aliphatic imine (C=N–C) groups is 1. The van der Waals surface area contributed by atoms with Crippen molar-refractivity contribution in [3.63, 3.8) is 0 Å². The molecule has 1 atom stereocenters. The lowest BCUT2D eigenvalue weighted by molar-refractivity contribution is 0.688. The molecule has 0 saturated heterocycles. The summed E-state index contributed by atoms with van der Waals surface area (Å²) in [4.78, 5) is 12.6. The van der Waals surface area contributed by atoms with E-state index in [1.165, 1.54) is 6.33 Å². The highest BCUT2D eigenvalue weighted by atomic mass is 32.2. The van der Waals surface area contributed by atoms with E-state index in [4.69, 9.17) is 0 Å². The second-order valence-electron chi connectivity index (χ2n) is 3.67.